The van der Waals surface area contributed by atoms with Gasteiger partial charge in [0.1, 0.15) is 0 Å². The van der Waals surface area contributed by atoms with Gasteiger partial charge in [0.25, 0.3) is 0 Å². The number of thiophene rings is 1. The van der Waals surface area contributed by atoms with Gasteiger partial charge in [-0.25, -0.2) is 13.1 Å². The summed E-state index contributed by atoms with van der Waals surface area (Å²) in [5.74, 6) is 0. The zero-order valence-corrected chi connectivity index (χ0v) is 12.2. The van der Waals surface area contributed by atoms with Gasteiger partial charge in [-0.15, -0.1) is 11.3 Å². The Kier molecular flexibility index (Phi) is 3.56. The normalized spacial score (nSPS) is 11.8. The summed E-state index contributed by atoms with van der Waals surface area (Å²) in [4.78, 5) is 0.291. The first-order chi connectivity index (χ1) is 9.67. The Balaban J connectivity index is 1.83. The van der Waals surface area contributed by atoms with Crippen molar-refractivity contribution in [2.45, 2.75) is 11.4 Å². The first kappa shape index (κ1) is 13.3. The maximum Gasteiger partial charge on any atom is 0.240 e. The van der Waals surface area contributed by atoms with Gasteiger partial charge in [0, 0.05) is 11.2 Å². The number of rotatable bonds is 4. The van der Waals surface area contributed by atoms with Crippen LogP contribution in [-0.4, -0.2) is 8.42 Å². The smallest absolute Gasteiger partial charge is 0.207 e. The SMILES string of the molecule is O=S(=O)(NCc1csc2ccccc12)c1ccccc1. The molecule has 0 bridgehead atoms. The van der Waals surface area contributed by atoms with Gasteiger partial charge in [-0.05, 0) is 34.5 Å². The minimum atomic E-state index is -3.45. The molecular weight excluding hydrogens is 290 g/mol. The van der Waals surface area contributed by atoms with Crippen molar-refractivity contribution in [3.05, 3.63) is 65.5 Å². The third-order valence-corrected chi connectivity index (χ3v) is 5.50. The lowest BCUT2D eigenvalue weighted by Gasteiger charge is -2.06. The number of benzene rings is 2. The summed E-state index contributed by atoms with van der Waals surface area (Å²) in [6, 6.07) is 16.4. The Morgan fingerprint density at radius 2 is 1.65 bits per heavy atom. The highest BCUT2D eigenvalue weighted by Crippen LogP contribution is 2.25. The molecule has 5 heteroatoms. The van der Waals surface area contributed by atoms with Crippen LogP contribution in [0.1, 0.15) is 5.56 Å². The maximum absolute atomic E-state index is 12.2. The number of hydrogen-bond donors (Lipinski definition) is 1. The van der Waals surface area contributed by atoms with Crippen molar-refractivity contribution in [2.75, 3.05) is 0 Å². The number of hydrogen-bond acceptors (Lipinski definition) is 3. The highest BCUT2D eigenvalue weighted by atomic mass is 32.2. The quantitative estimate of drug-likeness (QED) is 0.803. The highest BCUT2D eigenvalue weighted by Gasteiger charge is 2.13. The second-order valence-electron chi connectivity index (χ2n) is 4.39. The molecule has 3 nitrogen and oxygen atoms in total. The predicted molar refractivity (Wildman–Crippen MR) is 82.3 cm³/mol. The number of fused-ring (bicyclic) bond motifs is 1. The molecule has 0 amide bonds. The van der Waals surface area contributed by atoms with Crippen molar-refractivity contribution >= 4 is 31.4 Å². The molecule has 0 fully saturated rings. The second kappa shape index (κ2) is 5.36. The third-order valence-electron chi connectivity index (χ3n) is 3.07. The summed E-state index contributed by atoms with van der Waals surface area (Å²) >= 11 is 1.63. The Bertz CT molecular complexity index is 823. The summed E-state index contributed by atoms with van der Waals surface area (Å²) in [7, 11) is -3.45. The van der Waals surface area contributed by atoms with Crippen LogP contribution in [0.3, 0.4) is 0 Å². The summed E-state index contributed by atoms with van der Waals surface area (Å²) in [6.07, 6.45) is 0. The molecule has 0 atom stereocenters. The lowest BCUT2D eigenvalue weighted by molar-refractivity contribution is 0.581. The standard InChI is InChI=1S/C15H13NO2S2/c17-20(18,13-6-2-1-3-7-13)16-10-12-11-19-15-9-5-4-8-14(12)15/h1-9,11,16H,10H2. The van der Waals surface area contributed by atoms with Crippen LogP contribution >= 0.6 is 11.3 Å². The summed E-state index contributed by atoms with van der Waals surface area (Å²) in [5.41, 5.74) is 1.00. The fourth-order valence-electron chi connectivity index (χ4n) is 2.03. The Morgan fingerprint density at radius 1 is 0.950 bits per heavy atom. The van der Waals surface area contributed by atoms with E-state index in [0.29, 0.717) is 11.4 Å². The molecule has 0 unspecified atom stereocenters. The van der Waals surface area contributed by atoms with E-state index in [0.717, 1.165) is 10.9 Å². The molecule has 3 aromatic rings. The molecular formula is C15H13NO2S2. The first-order valence-corrected chi connectivity index (χ1v) is 8.53. The van der Waals surface area contributed by atoms with Crippen molar-refractivity contribution in [2.24, 2.45) is 0 Å². The predicted octanol–water partition coefficient (Wildman–Crippen LogP) is 3.38. The first-order valence-electron chi connectivity index (χ1n) is 6.17. The molecule has 0 aliphatic carbocycles. The second-order valence-corrected chi connectivity index (χ2v) is 7.07. The van der Waals surface area contributed by atoms with Crippen LogP contribution in [0.25, 0.3) is 10.1 Å². The van der Waals surface area contributed by atoms with Crippen LogP contribution in [-0.2, 0) is 16.6 Å². The molecule has 20 heavy (non-hydrogen) atoms. The molecule has 0 saturated carbocycles. The Hall–Kier alpha value is -1.69. The lowest BCUT2D eigenvalue weighted by Crippen LogP contribution is -2.22. The summed E-state index contributed by atoms with van der Waals surface area (Å²) < 4.78 is 28.1. The minimum Gasteiger partial charge on any atom is -0.207 e. The van der Waals surface area contributed by atoms with Crippen molar-refractivity contribution in [1.29, 1.82) is 0 Å². The summed E-state index contributed by atoms with van der Waals surface area (Å²) in [6.45, 7) is 0.307. The third kappa shape index (κ3) is 2.60. The van der Waals surface area contributed by atoms with Crippen LogP contribution in [0.4, 0.5) is 0 Å². The van der Waals surface area contributed by atoms with Crippen LogP contribution in [0.2, 0.25) is 0 Å². The van der Waals surface area contributed by atoms with E-state index in [9.17, 15) is 8.42 Å². The van der Waals surface area contributed by atoms with E-state index in [1.54, 1.807) is 41.7 Å². The number of sulfonamides is 1. The molecule has 1 N–H and O–H groups in total. The highest BCUT2D eigenvalue weighted by molar-refractivity contribution is 7.89. The monoisotopic (exact) mass is 303 g/mol. The fourth-order valence-corrected chi connectivity index (χ4v) is 4.02. The van der Waals surface area contributed by atoms with Gasteiger partial charge in [0.15, 0.2) is 0 Å². The number of nitrogens with one attached hydrogen (secondary N) is 1. The molecule has 0 aliphatic rings. The van der Waals surface area contributed by atoms with E-state index in [1.807, 2.05) is 29.6 Å². The fraction of sp³-hybridized carbons (Fsp3) is 0.0667. The molecule has 0 spiro atoms. The Morgan fingerprint density at radius 3 is 2.45 bits per heavy atom. The minimum absolute atomic E-state index is 0.291. The van der Waals surface area contributed by atoms with Crippen LogP contribution < -0.4 is 4.72 Å². The van der Waals surface area contributed by atoms with Gasteiger partial charge in [0.2, 0.25) is 10.0 Å². The summed E-state index contributed by atoms with van der Waals surface area (Å²) in [5, 5.41) is 3.10. The van der Waals surface area contributed by atoms with E-state index in [4.69, 9.17) is 0 Å². The zero-order valence-electron chi connectivity index (χ0n) is 10.6. The zero-order chi connectivity index (χ0) is 14.0. The van der Waals surface area contributed by atoms with Crippen LogP contribution in [0, 0.1) is 0 Å². The van der Waals surface area contributed by atoms with Gasteiger partial charge in [-0.3, -0.25) is 0 Å². The molecule has 0 radical (unpaired) electrons. The maximum atomic E-state index is 12.2. The molecule has 2 aromatic carbocycles. The van der Waals surface area contributed by atoms with Crippen LogP contribution in [0.15, 0.2) is 64.9 Å². The van der Waals surface area contributed by atoms with E-state index >= 15 is 0 Å². The van der Waals surface area contributed by atoms with Crippen molar-refractivity contribution in [3.8, 4) is 0 Å². The van der Waals surface area contributed by atoms with Crippen molar-refractivity contribution in [3.63, 3.8) is 0 Å². The van der Waals surface area contributed by atoms with Gasteiger partial charge >= 0.3 is 0 Å². The van der Waals surface area contributed by atoms with E-state index in [2.05, 4.69) is 4.72 Å². The topological polar surface area (TPSA) is 46.2 Å². The van der Waals surface area contributed by atoms with E-state index in [-0.39, 0.29) is 0 Å². The van der Waals surface area contributed by atoms with E-state index in [1.165, 1.54) is 4.70 Å². The van der Waals surface area contributed by atoms with Crippen LogP contribution in [0.5, 0.6) is 0 Å². The Labute approximate surface area is 121 Å². The van der Waals surface area contributed by atoms with Crippen molar-refractivity contribution in [1.82, 2.24) is 4.72 Å². The van der Waals surface area contributed by atoms with Gasteiger partial charge < -0.3 is 0 Å². The average molecular weight is 303 g/mol. The van der Waals surface area contributed by atoms with E-state index < -0.39 is 10.0 Å². The molecule has 0 saturated heterocycles. The lowest BCUT2D eigenvalue weighted by atomic mass is 10.2. The molecule has 3 rings (SSSR count). The van der Waals surface area contributed by atoms with Crippen molar-refractivity contribution < 1.29 is 8.42 Å². The molecule has 102 valence electrons. The largest absolute Gasteiger partial charge is 0.240 e. The van der Waals surface area contributed by atoms with Gasteiger partial charge in [0.05, 0.1) is 4.90 Å². The average Bonchev–Trinajstić information content (AvgIpc) is 2.89. The van der Waals surface area contributed by atoms with Gasteiger partial charge in [-0.2, -0.15) is 0 Å². The molecule has 1 aromatic heterocycles. The molecule has 1 heterocycles. The van der Waals surface area contributed by atoms with Gasteiger partial charge in [-0.1, -0.05) is 36.4 Å². The molecule has 0 aliphatic heterocycles.